The van der Waals surface area contributed by atoms with Crippen molar-refractivity contribution in [1.29, 1.82) is 0 Å². The summed E-state index contributed by atoms with van der Waals surface area (Å²) in [5.41, 5.74) is 7.52. The van der Waals surface area contributed by atoms with Crippen LogP contribution in [0.25, 0.3) is 11.4 Å². The zero-order valence-corrected chi connectivity index (χ0v) is 12.9. The van der Waals surface area contributed by atoms with Crippen LogP contribution in [0.1, 0.15) is 33.6 Å². The van der Waals surface area contributed by atoms with Gasteiger partial charge in [0.25, 0.3) is 0 Å². The van der Waals surface area contributed by atoms with E-state index < -0.39 is 0 Å². The van der Waals surface area contributed by atoms with Crippen molar-refractivity contribution in [1.82, 2.24) is 20.2 Å². The zero-order chi connectivity index (χ0) is 15.2. The molecule has 1 aromatic carbocycles. The summed E-state index contributed by atoms with van der Waals surface area (Å²) in [4.78, 5) is 0. The summed E-state index contributed by atoms with van der Waals surface area (Å²) in [7, 11) is 0. The Bertz CT molecular complexity index is 577. The fourth-order valence-corrected chi connectivity index (χ4v) is 2.36. The standard InChI is InChI=1S/C15H23N5O/c1-4-11(5-2)10-20-15(17-18-19-20)14-12(16)8-7-9-13(14)21-6-3/h7-9,11H,4-6,10,16H2,1-3H3. The molecule has 0 atom stereocenters. The first-order valence-corrected chi connectivity index (χ1v) is 7.48. The maximum atomic E-state index is 6.12. The van der Waals surface area contributed by atoms with E-state index in [9.17, 15) is 0 Å². The lowest BCUT2D eigenvalue weighted by Gasteiger charge is -2.15. The van der Waals surface area contributed by atoms with Gasteiger partial charge in [-0.3, -0.25) is 0 Å². The molecule has 0 spiro atoms. The quantitative estimate of drug-likeness (QED) is 0.793. The van der Waals surface area contributed by atoms with Crippen LogP contribution in [0.2, 0.25) is 0 Å². The molecule has 2 N–H and O–H groups in total. The fourth-order valence-electron chi connectivity index (χ4n) is 2.36. The molecule has 0 saturated heterocycles. The molecule has 0 aliphatic heterocycles. The number of hydrogen-bond donors (Lipinski definition) is 1. The third-order valence-electron chi connectivity index (χ3n) is 3.70. The Morgan fingerprint density at radius 3 is 2.67 bits per heavy atom. The summed E-state index contributed by atoms with van der Waals surface area (Å²) < 4.78 is 7.49. The number of nitrogens with two attached hydrogens (primary N) is 1. The van der Waals surface area contributed by atoms with Gasteiger partial charge in [0.1, 0.15) is 5.75 Å². The fraction of sp³-hybridized carbons (Fsp3) is 0.533. The second kappa shape index (κ2) is 7.06. The normalized spacial score (nSPS) is 11.0. The molecule has 0 unspecified atom stereocenters. The first-order chi connectivity index (χ1) is 10.2. The van der Waals surface area contributed by atoms with Gasteiger partial charge in [-0.05, 0) is 35.4 Å². The molecule has 1 aromatic heterocycles. The number of benzene rings is 1. The summed E-state index contributed by atoms with van der Waals surface area (Å²) in [6.07, 6.45) is 2.19. The van der Waals surface area contributed by atoms with Gasteiger partial charge in [-0.1, -0.05) is 32.8 Å². The van der Waals surface area contributed by atoms with Crippen molar-refractivity contribution < 1.29 is 4.74 Å². The Morgan fingerprint density at radius 1 is 1.24 bits per heavy atom. The van der Waals surface area contributed by atoms with Crippen LogP contribution >= 0.6 is 0 Å². The predicted molar refractivity (Wildman–Crippen MR) is 82.9 cm³/mol. The topological polar surface area (TPSA) is 78.8 Å². The van der Waals surface area contributed by atoms with Gasteiger partial charge in [-0.15, -0.1) is 5.10 Å². The average molecular weight is 289 g/mol. The van der Waals surface area contributed by atoms with E-state index >= 15 is 0 Å². The van der Waals surface area contributed by atoms with E-state index in [0.29, 0.717) is 24.0 Å². The van der Waals surface area contributed by atoms with E-state index in [-0.39, 0.29) is 0 Å². The number of aromatic nitrogens is 4. The highest BCUT2D eigenvalue weighted by molar-refractivity contribution is 5.77. The van der Waals surface area contributed by atoms with Crippen molar-refractivity contribution in [3.05, 3.63) is 18.2 Å². The van der Waals surface area contributed by atoms with Gasteiger partial charge in [0, 0.05) is 12.2 Å². The molecular formula is C15H23N5O. The zero-order valence-electron chi connectivity index (χ0n) is 12.9. The van der Waals surface area contributed by atoms with Crippen molar-refractivity contribution in [2.24, 2.45) is 5.92 Å². The predicted octanol–water partition coefficient (Wildman–Crippen LogP) is 2.76. The number of rotatable bonds is 7. The Labute approximate surface area is 125 Å². The number of ether oxygens (including phenoxy) is 1. The van der Waals surface area contributed by atoms with Crippen LogP contribution in [0.15, 0.2) is 18.2 Å². The van der Waals surface area contributed by atoms with Gasteiger partial charge >= 0.3 is 0 Å². The molecule has 0 fully saturated rings. The minimum Gasteiger partial charge on any atom is -0.493 e. The van der Waals surface area contributed by atoms with Crippen LogP contribution in [-0.2, 0) is 6.54 Å². The summed E-state index contributed by atoms with van der Waals surface area (Å²) in [5, 5.41) is 12.1. The van der Waals surface area contributed by atoms with E-state index in [1.165, 1.54) is 0 Å². The molecule has 2 aromatic rings. The first-order valence-electron chi connectivity index (χ1n) is 7.48. The molecule has 0 aliphatic rings. The van der Waals surface area contributed by atoms with E-state index in [2.05, 4.69) is 29.4 Å². The number of nitrogens with zero attached hydrogens (tertiary/aromatic N) is 4. The Morgan fingerprint density at radius 2 is 2.00 bits per heavy atom. The van der Waals surface area contributed by atoms with Gasteiger partial charge in [0.05, 0.1) is 12.2 Å². The Balaban J connectivity index is 2.41. The molecule has 114 valence electrons. The van der Waals surface area contributed by atoms with E-state index in [1.807, 2.05) is 29.8 Å². The molecule has 0 aliphatic carbocycles. The SMILES string of the molecule is CCOc1cccc(N)c1-c1nnnn1CC(CC)CC. The summed E-state index contributed by atoms with van der Waals surface area (Å²) in [5.74, 6) is 1.94. The summed E-state index contributed by atoms with van der Waals surface area (Å²) >= 11 is 0. The second-order valence-electron chi connectivity index (χ2n) is 5.02. The molecule has 0 saturated carbocycles. The van der Waals surface area contributed by atoms with Crippen molar-refractivity contribution in [2.75, 3.05) is 12.3 Å². The summed E-state index contributed by atoms with van der Waals surface area (Å²) in [6.45, 7) is 7.67. The third kappa shape index (κ3) is 3.32. The molecule has 0 amide bonds. The third-order valence-corrected chi connectivity index (χ3v) is 3.70. The average Bonchev–Trinajstić information content (AvgIpc) is 2.93. The van der Waals surface area contributed by atoms with Gasteiger partial charge in [0.15, 0.2) is 5.82 Å². The van der Waals surface area contributed by atoms with Crippen molar-refractivity contribution in [2.45, 2.75) is 40.2 Å². The van der Waals surface area contributed by atoms with E-state index in [4.69, 9.17) is 10.5 Å². The van der Waals surface area contributed by atoms with Crippen LogP contribution in [0, 0.1) is 5.92 Å². The van der Waals surface area contributed by atoms with E-state index in [1.54, 1.807) is 0 Å². The molecule has 2 rings (SSSR count). The van der Waals surface area contributed by atoms with E-state index in [0.717, 1.165) is 30.7 Å². The largest absolute Gasteiger partial charge is 0.493 e. The van der Waals surface area contributed by atoms with Gasteiger partial charge in [0.2, 0.25) is 0 Å². The van der Waals surface area contributed by atoms with Crippen LogP contribution < -0.4 is 10.5 Å². The van der Waals surface area contributed by atoms with Crippen LogP contribution in [0.5, 0.6) is 5.75 Å². The van der Waals surface area contributed by atoms with Crippen molar-refractivity contribution in [3.8, 4) is 17.1 Å². The monoisotopic (exact) mass is 289 g/mol. The molecule has 1 heterocycles. The molecular weight excluding hydrogens is 266 g/mol. The van der Waals surface area contributed by atoms with Crippen molar-refractivity contribution >= 4 is 5.69 Å². The second-order valence-corrected chi connectivity index (χ2v) is 5.02. The first kappa shape index (κ1) is 15.3. The highest BCUT2D eigenvalue weighted by Crippen LogP contribution is 2.34. The molecule has 0 bridgehead atoms. The summed E-state index contributed by atoms with van der Waals surface area (Å²) in [6, 6.07) is 5.61. The number of anilines is 1. The maximum absolute atomic E-state index is 6.12. The number of hydrogen-bond acceptors (Lipinski definition) is 5. The lowest BCUT2D eigenvalue weighted by molar-refractivity contribution is 0.341. The number of tetrazole rings is 1. The van der Waals surface area contributed by atoms with Gasteiger partial charge < -0.3 is 10.5 Å². The Kier molecular flexibility index (Phi) is 5.14. The molecule has 6 nitrogen and oxygen atoms in total. The van der Waals surface area contributed by atoms with Gasteiger partial charge in [-0.25, -0.2) is 4.68 Å². The lowest BCUT2D eigenvalue weighted by Crippen LogP contribution is -2.13. The van der Waals surface area contributed by atoms with Crippen LogP contribution in [0.3, 0.4) is 0 Å². The van der Waals surface area contributed by atoms with Crippen molar-refractivity contribution in [3.63, 3.8) is 0 Å². The van der Waals surface area contributed by atoms with Crippen LogP contribution in [0.4, 0.5) is 5.69 Å². The molecule has 0 radical (unpaired) electrons. The highest BCUT2D eigenvalue weighted by Gasteiger charge is 2.18. The maximum Gasteiger partial charge on any atom is 0.187 e. The smallest absolute Gasteiger partial charge is 0.187 e. The van der Waals surface area contributed by atoms with Crippen LogP contribution in [-0.4, -0.2) is 26.8 Å². The van der Waals surface area contributed by atoms with Gasteiger partial charge in [-0.2, -0.15) is 0 Å². The number of nitrogen functional groups attached to an aromatic ring is 1. The minimum atomic E-state index is 0.549. The Hall–Kier alpha value is -2.11. The minimum absolute atomic E-state index is 0.549. The molecule has 6 heteroatoms. The molecule has 21 heavy (non-hydrogen) atoms. The highest BCUT2D eigenvalue weighted by atomic mass is 16.5. The lowest BCUT2D eigenvalue weighted by atomic mass is 10.0.